The van der Waals surface area contributed by atoms with Crippen LogP contribution in [0.1, 0.15) is 34.1 Å². The molecular formula is C14H22O7. The molecule has 0 aromatic carbocycles. The van der Waals surface area contributed by atoms with Gasteiger partial charge in [-0.1, -0.05) is 13.8 Å². The van der Waals surface area contributed by atoms with Gasteiger partial charge in [0.25, 0.3) is 0 Å². The van der Waals surface area contributed by atoms with Gasteiger partial charge in [0.05, 0.1) is 12.5 Å². The van der Waals surface area contributed by atoms with Crippen molar-refractivity contribution in [3.63, 3.8) is 0 Å². The number of carbonyl (C=O) groups is 3. The van der Waals surface area contributed by atoms with E-state index >= 15 is 0 Å². The van der Waals surface area contributed by atoms with E-state index in [0.29, 0.717) is 0 Å². The second-order valence-corrected chi connectivity index (χ2v) is 5.41. The predicted molar refractivity (Wildman–Crippen MR) is 71.4 cm³/mol. The quantitative estimate of drug-likeness (QED) is 0.756. The fourth-order valence-corrected chi connectivity index (χ4v) is 2.52. The number of carboxylic acid groups (broad SMARTS) is 1. The van der Waals surface area contributed by atoms with E-state index in [9.17, 15) is 14.4 Å². The molecule has 1 N–H and O–H groups in total. The van der Waals surface area contributed by atoms with Crippen LogP contribution in [0.3, 0.4) is 0 Å². The zero-order chi connectivity index (χ0) is 16.2. The van der Waals surface area contributed by atoms with Crippen molar-refractivity contribution >= 4 is 17.9 Å². The number of carboxylic acids is 1. The molecule has 0 bridgehead atoms. The summed E-state index contributed by atoms with van der Waals surface area (Å²) in [6.07, 6.45) is -1.88. The third-order valence-electron chi connectivity index (χ3n) is 3.78. The topological polar surface area (TPSA) is 99.1 Å². The largest absolute Gasteiger partial charge is 0.481 e. The summed E-state index contributed by atoms with van der Waals surface area (Å²) in [7, 11) is 0. The summed E-state index contributed by atoms with van der Waals surface area (Å²) in [5, 5.41) is 8.93. The lowest BCUT2D eigenvalue weighted by molar-refractivity contribution is -0.208. The summed E-state index contributed by atoms with van der Waals surface area (Å²) in [6, 6.07) is 0. The smallest absolute Gasteiger partial charge is 0.305 e. The third-order valence-corrected chi connectivity index (χ3v) is 3.78. The maximum Gasteiger partial charge on any atom is 0.305 e. The first-order valence-corrected chi connectivity index (χ1v) is 6.90. The zero-order valence-electron chi connectivity index (χ0n) is 12.7. The van der Waals surface area contributed by atoms with E-state index in [-0.39, 0.29) is 24.9 Å². The number of hydrogen-bond donors (Lipinski definition) is 1. The van der Waals surface area contributed by atoms with Crippen LogP contribution in [0.25, 0.3) is 0 Å². The highest BCUT2D eigenvalue weighted by atomic mass is 16.6. The normalized spacial score (nSPS) is 32.3. The van der Waals surface area contributed by atoms with Gasteiger partial charge in [-0.05, 0) is 5.92 Å². The molecule has 7 heteroatoms. The molecule has 21 heavy (non-hydrogen) atoms. The molecule has 1 saturated heterocycles. The second kappa shape index (κ2) is 7.40. The Morgan fingerprint density at radius 1 is 1.05 bits per heavy atom. The van der Waals surface area contributed by atoms with E-state index in [1.165, 1.54) is 13.8 Å². The van der Waals surface area contributed by atoms with Gasteiger partial charge in [-0.15, -0.1) is 0 Å². The lowest BCUT2D eigenvalue weighted by atomic mass is 9.80. The number of aliphatic carboxylic acids is 1. The fourth-order valence-electron chi connectivity index (χ4n) is 2.52. The van der Waals surface area contributed by atoms with Gasteiger partial charge in [0, 0.05) is 19.8 Å². The highest BCUT2D eigenvalue weighted by Crippen LogP contribution is 2.34. The zero-order valence-corrected chi connectivity index (χ0v) is 12.7. The molecule has 0 unspecified atom stereocenters. The molecule has 1 fully saturated rings. The van der Waals surface area contributed by atoms with E-state index in [4.69, 9.17) is 19.3 Å². The molecule has 0 aromatic heterocycles. The van der Waals surface area contributed by atoms with E-state index in [1.54, 1.807) is 0 Å². The second-order valence-electron chi connectivity index (χ2n) is 5.41. The summed E-state index contributed by atoms with van der Waals surface area (Å²) in [5.74, 6) is -2.09. The minimum atomic E-state index is -0.962. The minimum absolute atomic E-state index is 0.0690. The lowest BCUT2D eigenvalue weighted by Crippen LogP contribution is -2.53. The molecule has 120 valence electrons. The molecule has 0 aliphatic carbocycles. The maximum atomic E-state index is 11.2. The van der Waals surface area contributed by atoms with Gasteiger partial charge in [0.15, 0.2) is 0 Å². The maximum absolute atomic E-state index is 11.2. The summed E-state index contributed by atoms with van der Waals surface area (Å²) in [4.78, 5) is 33.1. The Kier molecular flexibility index (Phi) is 6.14. The molecule has 7 nitrogen and oxygen atoms in total. The molecule has 1 aliphatic rings. The first-order chi connectivity index (χ1) is 9.72. The van der Waals surface area contributed by atoms with Gasteiger partial charge >= 0.3 is 17.9 Å². The first kappa shape index (κ1) is 17.4. The van der Waals surface area contributed by atoms with Crippen LogP contribution in [0.5, 0.6) is 0 Å². The Bertz CT molecular complexity index is 406. The number of carbonyl (C=O) groups excluding carboxylic acids is 2. The summed E-state index contributed by atoms with van der Waals surface area (Å²) in [6.45, 7) is 6.22. The molecule has 0 saturated carbocycles. The highest BCUT2D eigenvalue weighted by molar-refractivity contribution is 5.68. The Balaban J connectivity index is 2.86. The van der Waals surface area contributed by atoms with E-state index in [1.807, 2.05) is 13.8 Å². The minimum Gasteiger partial charge on any atom is -0.481 e. The van der Waals surface area contributed by atoms with Crippen molar-refractivity contribution in [1.82, 2.24) is 0 Å². The van der Waals surface area contributed by atoms with Crippen molar-refractivity contribution in [2.45, 2.75) is 52.4 Å². The summed E-state index contributed by atoms with van der Waals surface area (Å²) < 4.78 is 15.9. The Morgan fingerprint density at radius 2 is 1.67 bits per heavy atom. The molecule has 0 amide bonds. The van der Waals surface area contributed by atoms with Gasteiger partial charge in [-0.3, -0.25) is 14.4 Å². The Morgan fingerprint density at radius 3 is 2.14 bits per heavy atom. The average Bonchev–Trinajstić information content (AvgIpc) is 2.35. The van der Waals surface area contributed by atoms with Gasteiger partial charge in [-0.25, -0.2) is 0 Å². The van der Waals surface area contributed by atoms with Crippen LogP contribution < -0.4 is 0 Å². The van der Waals surface area contributed by atoms with E-state index in [2.05, 4.69) is 0 Å². The molecular weight excluding hydrogens is 280 g/mol. The van der Waals surface area contributed by atoms with Crippen molar-refractivity contribution < 1.29 is 33.7 Å². The molecule has 0 spiro atoms. The SMILES string of the molecule is CC(=O)OC[C@H]1O[C@H](CC(=O)O)[C@@H](C)[C@@H](C)[C@@H]1OC(C)=O. The van der Waals surface area contributed by atoms with Gasteiger partial charge < -0.3 is 19.3 Å². The van der Waals surface area contributed by atoms with Crippen LogP contribution in [0.2, 0.25) is 0 Å². The fraction of sp³-hybridized carbons (Fsp3) is 0.786. The molecule has 0 radical (unpaired) electrons. The monoisotopic (exact) mass is 302 g/mol. The molecule has 1 aliphatic heterocycles. The van der Waals surface area contributed by atoms with Crippen LogP contribution in [0.15, 0.2) is 0 Å². The Labute approximate surface area is 123 Å². The van der Waals surface area contributed by atoms with Crippen molar-refractivity contribution in [2.75, 3.05) is 6.61 Å². The van der Waals surface area contributed by atoms with Gasteiger partial charge in [-0.2, -0.15) is 0 Å². The molecule has 5 atom stereocenters. The van der Waals surface area contributed by atoms with Crippen LogP contribution in [-0.2, 0) is 28.6 Å². The molecule has 1 heterocycles. The first-order valence-electron chi connectivity index (χ1n) is 6.90. The van der Waals surface area contributed by atoms with Crippen molar-refractivity contribution in [2.24, 2.45) is 11.8 Å². The van der Waals surface area contributed by atoms with Gasteiger partial charge in [0.1, 0.15) is 18.8 Å². The van der Waals surface area contributed by atoms with Gasteiger partial charge in [0.2, 0.25) is 0 Å². The van der Waals surface area contributed by atoms with Crippen LogP contribution in [0, 0.1) is 11.8 Å². The van der Waals surface area contributed by atoms with Crippen LogP contribution >= 0.6 is 0 Å². The van der Waals surface area contributed by atoms with Crippen molar-refractivity contribution in [3.8, 4) is 0 Å². The number of esters is 2. The third kappa shape index (κ3) is 5.00. The number of hydrogen-bond acceptors (Lipinski definition) is 6. The molecule has 1 rings (SSSR count). The lowest BCUT2D eigenvalue weighted by Gasteiger charge is -2.43. The van der Waals surface area contributed by atoms with E-state index < -0.39 is 36.2 Å². The Hall–Kier alpha value is -1.63. The van der Waals surface area contributed by atoms with Crippen LogP contribution in [-0.4, -0.2) is 47.9 Å². The predicted octanol–water partition coefficient (Wildman–Crippen LogP) is 0.995. The molecule has 0 aromatic rings. The number of ether oxygens (including phenoxy) is 3. The van der Waals surface area contributed by atoms with Crippen molar-refractivity contribution in [3.05, 3.63) is 0 Å². The highest BCUT2D eigenvalue weighted by Gasteiger charge is 2.44. The average molecular weight is 302 g/mol. The summed E-state index contributed by atoms with van der Waals surface area (Å²) in [5.41, 5.74) is 0. The standard InChI is InChI=1S/C14H22O7/c1-7-8(2)14(20-10(4)16)12(6-19-9(3)15)21-11(7)5-13(17)18/h7-8,11-12,14H,5-6H2,1-4H3,(H,17,18)/t7-,8+,11+,12+,14-/m0/s1. The van der Waals surface area contributed by atoms with Crippen molar-refractivity contribution in [1.29, 1.82) is 0 Å². The van der Waals surface area contributed by atoms with Crippen LogP contribution in [0.4, 0.5) is 0 Å². The summed E-state index contributed by atoms with van der Waals surface area (Å²) >= 11 is 0. The van der Waals surface area contributed by atoms with E-state index in [0.717, 1.165) is 0 Å². The number of rotatable bonds is 5.